The van der Waals surface area contributed by atoms with Crippen LogP contribution in [0.15, 0.2) is 45.3 Å². The Kier molecular flexibility index (Phi) is 10.2. The maximum Gasteiger partial charge on any atom is 0.120 e. The van der Waals surface area contributed by atoms with Gasteiger partial charge < -0.3 is 19.7 Å². The summed E-state index contributed by atoms with van der Waals surface area (Å²) in [6, 6.07) is 13.3. The molecule has 2 aromatic rings. The van der Waals surface area contributed by atoms with Crippen LogP contribution in [0.3, 0.4) is 0 Å². The molecule has 2 aliphatic rings. The Morgan fingerprint density at radius 1 is 1.13 bits per heavy atom. The Labute approximate surface area is 208 Å². The minimum Gasteiger partial charge on any atom is -0.497 e. The maximum absolute atomic E-state index is 6.11. The van der Waals surface area contributed by atoms with Crippen LogP contribution in [0.1, 0.15) is 30.1 Å². The molecule has 30 heavy (non-hydrogen) atoms. The Hall–Kier alpha value is -0.500. The SMILES string of the molecule is COc1ccc(N2CCNC(CCC3OCCc4cc(Br)ccc43)C2)c(Br)c1.Cl.Cl. The third-order valence-corrected chi connectivity index (χ3v) is 6.80. The number of nitrogens with one attached hydrogen (secondary N) is 1. The summed E-state index contributed by atoms with van der Waals surface area (Å²) >= 11 is 7.29. The fourth-order valence-electron chi connectivity index (χ4n) is 4.21. The molecule has 0 saturated carbocycles. The second-order valence-corrected chi connectivity index (χ2v) is 9.21. The highest BCUT2D eigenvalue weighted by molar-refractivity contribution is 9.10. The largest absolute Gasteiger partial charge is 0.497 e. The molecule has 0 aromatic heterocycles. The molecule has 1 N–H and O–H groups in total. The lowest BCUT2D eigenvalue weighted by Gasteiger charge is -2.37. The Balaban J connectivity index is 0.00000160. The summed E-state index contributed by atoms with van der Waals surface area (Å²) in [5, 5.41) is 3.69. The van der Waals surface area contributed by atoms with E-state index in [9.17, 15) is 0 Å². The molecule has 2 heterocycles. The van der Waals surface area contributed by atoms with Crippen molar-refractivity contribution in [2.45, 2.75) is 31.4 Å². The van der Waals surface area contributed by atoms with Gasteiger partial charge in [-0.3, -0.25) is 0 Å². The van der Waals surface area contributed by atoms with Gasteiger partial charge in [-0.1, -0.05) is 22.0 Å². The van der Waals surface area contributed by atoms with Gasteiger partial charge in [0.2, 0.25) is 0 Å². The first-order valence-corrected chi connectivity index (χ1v) is 11.4. The molecule has 2 aliphatic heterocycles. The lowest BCUT2D eigenvalue weighted by Crippen LogP contribution is -2.51. The highest BCUT2D eigenvalue weighted by atomic mass is 79.9. The summed E-state index contributed by atoms with van der Waals surface area (Å²) in [5.74, 6) is 0.877. The minimum atomic E-state index is 0. The minimum absolute atomic E-state index is 0. The lowest BCUT2D eigenvalue weighted by molar-refractivity contribution is 0.0332. The number of piperazine rings is 1. The molecular formula is C22H28Br2Cl2N2O2. The number of ether oxygens (including phenoxy) is 2. The van der Waals surface area contributed by atoms with E-state index in [0.29, 0.717) is 6.04 Å². The van der Waals surface area contributed by atoms with Crippen molar-refractivity contribution in [3.05, 3.63) is 56.5 Å². The van der Waals surface area contributed by atoms with Gasteiger partial charge in [0.05, 0.1) is 25.5 Å². The zero-order valence-corrected chi connectivity index (χ0v) is 21.7. The van der Waals surface area contributed by atoms with Crippen molar-refractivity contribution < 1.29 is 9.47 Å². The zero-order valence-electron chi connectivity index (χ0n) is 16.9. The number of rotatable bonds is 5. The van der Waals surface area contributed by atoms with Crippen LogP contribution < -0.4 is 15.0 Å². The highest BCUT2D eigenvalue weighted by Crippen LogP contribution is 2.34. The van der Waals surface area contributed by atoms with Crippen LogP contribution in [0, 0.1) is 0 Å². The third-order valence-electron chi connectivity index (χ3n) is 5.67. The van der Waals surface area contributed by atoms with Crippen LogP contribution in [0.25, 0.3) is 0 Å². The van der Waals surface area contributed by atoms with Crippen LogP contribution in [0.5, 0.6) is 5.75 Å². The summed E-state index contributed by atoms with van der Waals surface area (Å²) in [4.78, 5) is 2.46. The van der Waals surface area contributed by atoms with Crippen LogP contribution in [-0.4, -0.2) is 39.4 Å². The van der Waals surface area contributed by atoms with Crippen molar-refractivity contribution in [1.82, 2.24) is 5.32 Å². The summed E-state index contributed by atoms with van der Waals surface area (Å²) in [6.07, 6.45) is 3.36. The molecule has 4 nitrogen and oxygen atoms in total. The van der Waals surface area contributed by atoms with Crippen LogP contribution in [0.4, 0.5) is 5.69 Å². The molecule has 2 aromatic carbocycles. The fourth-order valence-corrected chi connectivity index (χ4v) is 5.22. The molecule has 0 aliphatic carbocycles. The number of nitrogens with zero attached hydrogens (tertiary/aromatic N) is 1. The maximum atomic E-state index is 6.11. The van der Waals surface area contributed by atoms with E-state index < -0.39 is 0 Å². The molecule has 0 radical (unpaired) electrons. The molecule has 8 heteroatoms. The number of methoxy groups -OCH3 is 1. The van der Waals surface area contributed by atoms with Crippen molar-refractivity contribution in [2.75, 3.05) is 38.3 Å². The normalized spacial score (nSPS) is 20.6. The summed E-state index contributed by atoms with van der Waals surface area (Å²) in [5.41, 5.74) is 4.02. The summed E-state index contributed by atoms with van der Waals surface area (Å²) in [7, 11) is 1.70. The molecule has 1 saturated heterocycles. The fraction of sp³-hybridized carbons (Fsp3) is 0.455. The van der Waals surface area contributed by atoms with E-state index in [1.54, 1.807) is 7.11 Å². The number of fused-ring (bicyclic) bond motifs is 1. The quantitative estimate of drug-likeness (QED) is 0.473. The average molecular weight is 583 g/mol. The topological polar surface area (TPSA) is 33.7 Å². The van der Waals surface area contributed by atoms with E-state index in [0.717, 1.165) is 60.2 Å². The van der Waals surface area contributed by atoms with E-state index in [1.807, 2.05) is 12.1 Å². The molecular weight excluding hydrogens is 555 g/mol. The van der Waals surface area contributed by atoms with Crippen LogP contribution >= 0.6 is 56.7 Å². The van der Waals surface area contributed by atoms with Gasteiger partial charge in [0.25, 0.3) is 0 Å². The van der Waals surface area contributed by atoms with Crippen LogP contribution in [-0.2, 0) is 11.2 Å². The van der Waals surface area contributed by atoms with Crippen molar-refractivity contribution >= 4 is 62.4 Å². The van der Waals surface area contributed by atoms with Gasteiger partial charge >= 0.3 is 0 Å². The molecule has 0 amide bonds. The highest BCUT2D eigenvalue weighted by Gasteiger charge is 2.25. The standard InChI is InChI=1S/C22H26Br2N2O2.2ClH/c1-27-18-4-6-21(20(24)13-18)26-10-9-25-17(14-26)3-7-22-19-5-2-16(23)12-15(19)8-11-28-22;;/h2,4-6,12-13,17,22,25H,3,7-11,14H2,1H3;2*1H. The molecule has 2 atom stereocenters. The number of halogens is 4. The Morgan fingerprint density at radius 2 is 1.97 bits per heavy atom. The van der Waals surface area contributed by atoms with E-state index in [4.69, 9.17) is 9.47 Å². The summed E-state index contributed by atoms with van der Waals surface area (Å²) in [6.45, 7) is 3.83. The first-order valence-electron chi connectivity index (χ1n) is 9.86. The summed E-state index contributed by atoms with van der Waals surface area (Å²) < 4.78 is 13.7. The van der Waals surface area contributed by atoms with E-state index >= 15 is 0 Å². The van der Waals surface area contributed by atoms with Gasteiger partial charge in [-0.2, -0.15) is 0 Å². The second kappa shape index (κ2) is 11.9. The van der Waals surface area contributed by atoms with Gasteiger partial charge in [0, 0.05) is 34.6 Å². The lowest BCUT2D eigenvalue weighted by atomic mass is 9.93. The predicted molar refractivity (Wildman–Crippen MR) is 135 cm³/mol. The van der Waals surface area contributed by atoms with E-state index in [-0.39, 0.29) is 30.9 Å². The van der Waals surface area contributed by atoms with Crippen molar-refractivity contribution in [3.63, 3.8) is 0 Å². The van der Waals surface area contributed by atoms with Crippen molar-refractivity contribution in [1.29, 1.82) is 0 Å². The smallest absolute Gasteiger partial charge is 0.120 e. The number of hydrogen-bond acceptors (Lipinski definition) is 4. The predicted octanol–water partition coefficient (Wildman–Crippen LogP) is 5.94. The molecule has 0 bridgehead atoms. The Morgan fingerprint density at radius 3 is 2.73 bits per heavy atom. The number of benzene rings is 2. The molecule has 4 rings (SSSR count). The Bertz CT molecular complexity index is 841. The van der Waals surface area contributed by atoms with Crippen molar-refractivity contribution in [2.24, 2.45) is 0 Å². The molecule has 1 fully saturated rings. The number of hydrogen-bond donors (Lipinski definition) is 1. The van der Waals surface area contributed by atoms with E-state index in [2.05, 4.69) is 66.3 Å². The van der Waals surface area contributed by atoms with Gasteiger partial charge in [0.1, 0.15) is 5.75 Å². The van der Waals surface area contributed by atoms with Gasteiger partial charge in [-0.25, -0.2) is 0 Å². The van der Waals surface area contributed by atoms with E-state index in [1.165, 1.54) is 16.8 Å². The van der Waals surface area contributed by atoms with Crippen LogP contribution in [0.2, 0.25) is 0 Å². The second-order valence-electron chi connectivity index (χ2n) is 7.44. The van der Waals surface area contributed by atoms with Crippen molar-refractivity contribution in [3.8, 4) is 5.75 Å². The zero-order chi connectivity index (χ0) is 19.5. The van der Waals surface area contributed by atoms with Gasteiger partial charge in [-0.05, 0) is 76.7 Å². The molecule has 2 unspecified atom stereocenters. The first-order chi connectivity index (χ1) is 13.6. The first kappa shape index (κ1) is 25.8. The van der Waals surface area contributed by atoms with Gasteiger partial charge in [0.15, 0.2) is 0 Å². The molecule has 0 spiro atoms. The monoisotopic (exact) mass is 580 g/mol. The average Bonchev–Trinajstić information content (AvgIpc) is 2.72. The molecule has 166 valence electrons. The number of anilines is 1. The van der Waals surface area contributed by atoms with Gasteiger partial charge in [-0.15, -0.1) is 24.8 Å². The third kappa shape index (κ3) is 6.05.